The lowest BCUT2D eigenvalue weighted by Gasteiger charge is -2.41. The summed E-state index contributed by atoms with van der Waals surface area (Å²) in [6.45, 7) is 5.41. The molecule has 1 N–H and O–H groups in total. The predicted octanol–water partition coefficient (Wildman–Crippen LogP) is 1.97. The molecule has 2 atom stereocenters. The molecule has 6 nitrogen and oxygen atoms in total. The molecule has 1 saturated heterocycles. The molecule has 1 fully saturated rings. The Morgan fingerprint density at radius 1 is 1.52 bits per heavy atom. The summed E-state index contributed by atoms with van der Waals surface area (Å²) >= 11 is 0. The van der Waals surface area contributed by atoms with Crippen LogP contribution < -0.4 is 5.32 Å². The first kappa shape index (κ1) is 15.9. The maximum Gasteiger partial charge on any atom is 0.269 e. The highest BCUT2D eigenvalue weighted by atomic mass is 16.6. The number of likely N-dealkylation sites (N-methyl/N-ethyl adjacent to an activating group) is 1. The smallest absolute Gasteiger partial charge is 0.269 e. The van der Waals surface area contributed by atoms with Crippen molar-refractivity contribution in [1.29, 1.82) is 0 Å². The first-order valence-corrected chi connectivity index (χ1v) is 7.42. The number of hydrogen-bond donors (Lipinski definition) is 1. The molecule has 2 rings (SSSR count). The quantitative estimate of drug-likeness (QED) is 0.641. The Morgan fingerprint density at radius 3 is 3.00 bits per heavy atom. The third kappa shape index (κ3) is 3.78. The summed E-state index contributed by atoms with van der Waals surface area (Å²) in [5.74, 6) is 0. The van der Waals surface area contributed by atoms with Crippen molar-refractivity contribution in [3.8, 4) is 0 Å². The highest BCUT2D eigenvalue weighted by Gasteiger charge is 2.33. The minimum atomic E-state index is -0.343. The number of hydrogen-bond acceptors (Lipinski definition) is 5. The molecule has 0 bridgehead atoms. The summed E-state index contributed by atoms with van der Waals surface area (Å²) < 4.78 is 5.89. The summed E-state index contributed by atoms with van der Waals surface area (Å²) in [6, 6.07) is 6.97. The van der Waals surface area contributed by atoms with Gasteiger partial charge in [-0.25, -0.2) is 0 Å². The minimum absolute atomic E-state index is 0.0114. The number of rotatable bonds is 6. The third-order valence-electron chi connectivity index (χ3n) is 3.79. The highest BCUT2D eigenvalue weighted by molar-refractivity contribution is 5.36. The van der Waals surface area contributed by atoms with Gasteiger partial charge in [0.05, 0.1) is 23.7 Å². The third-order valence-corrected chi connectivity index (χ3v) is 3.79. The van der Waals surface area contributed by atoms with Gasteiger partial charge in [-0.1, -0.05) is 19.1 Å². The number of non-ortho nitro benzene ring substituents is 1. The van der Waals surface area contributed by atoms with Crippen molar-refractivity contribution in [2.75, 3.05) is 33.3 Å². The van der Waals surface area contributed by atoms with Crippen molar-refractivity contribution in [3.05, 3.63) is 39.9 Å². The van der Waals surface area contributed by atoms with Crippen LogP contribution in [0.3, 0.4) is 0 Å². The summed E-state index contributed by atoms with van der Waals surface area (Å²) in [7, 11) is 1.90. The van der Waals surface area contributed by atoms with Crippen molar-refractivity contribution in [3.63, 3.8) is 0 Å². The van der Waals surface area contributed by atoms with E-state index in [-0.39, 0.29) is 22.8 Å². The Bertz CT molecular complexity index is 463. The highest BCUT2D eigenvalue weighted by Crippen LogP contribution is 2.31. The normalized spacial score (nSPS) is 23.1. The lowest BCUT2D eigenvalue weighted by atomic mass is 9.97. The van der Waals surface area contributed by atoms with Gasteiger partial charge in [-0.15, -0.1) is 0 Å². The maximum atomic E-state index is 11.0. The van der Waals surface area contributed by atoms with Crippen LogP contribution >= 0.6 is 0 Å². The fourth-order valence-electron chi connectivity index (χ4n) is 2.94. The van der Waals surface area contributed by atoms with Crippen LogP contribution in [0.5, 0.6) is 0 Å². The molecule has 1 aliphatic heterocycles. The fraction of sp³-hybridized carbons (Fsp3) is 0.600. The Balaban J connectivity index is 2.32. The van der Waals surface area contributed by atoms with Crippen molar-refractivity contribution in [2.45, 2.75) is 25.5 Å². The molecule has 0 saturated carbocycles. The van der Waals surface area contributed by atoms with E-state index < -0.39 is 0 Å². The molecule has 0 amide bonds. The fourth-order valence-corrected chi connectivity index (χ4v) is 2.94. The van der Waals surface area contributed by atoms with E-state index in [0.29, 0.717) is 6.61 Å². The number of nitrogens with zero attached hydrogens (tertiary/aromatic N) is 2. The van der Waals surface area contributed by atoms with Gasteiger partial charge in [0, 0.05) is 25.2 Å². The Hall–Kier alpha value is -1.50. The molecule has 0 aliphatic carbocycles. The monoisotopic (exact) mass is 293 g/mol. The molecule has 21 heavy (non-hydrogen) atoms. The molecular formula is C15H23N3O3. The summed E-state index contributed by atoms with van der Waals surface area (Å²) in [5, 5.41) is 14.2. The number of ether oxygens (including phenoxy) is 1. The second-order valence-electron chi connectivity index (χ2n) is 5.30. The predicted molar refractivity (Wildman–Crippen MR) is 81.4 cm³/mol. The van der Waals surface area contributed by atoms with E-state index in [9.17, 15) is 10.1 Å². The molecule has 6 heteroatoms. The molecular weight excluding hydrogens is 270 g/mol. The molecule has 1 heterocycles. The van der Waals surface area contributed by atoms with Crippen LogP contribution in [-0.2, 0) is 4.74 Å². The molecule has 2 unspecified atom stereocenters. The number of nitrogens with one attached hydrogen (secondary N) is 1. The second kappa shape index (κ2) is 7.49. The number of nitro benzene ring substituents is 1. The molecule has 1 aromatic carbocycles. The van der Waals surface area contributed by atoms with Gasteiger partial charge >= 0.3 is 0 Å². The van der Waals surface area contributed by atoms with E-state index in [1.807, 2.05) is 13.1 Å². The first-order chi connectivity index (χ1) is 10.2. The SMILES string of the molecule is CCCN1CCOC(CNC)C1c1cccc([N+](=O)[O-])c1. The van der Waals surface area contributed by atoms with Crippen LogP contribution in [0.15, 0.2) is 24.3 Å². The largest absolute Gasteiger partial charge is 0.374 e. The van der Waals surface area contributed by atoms with Gasteiger partial charge in [0.2, 0.25) is 0 Å². The van der Waals surface area contributed by atoms with Crippen molar-refractivity contribution >= 4 is 5.69 Å². The Kier molecular flexibility index (Phi) is 5.67. The van der Waals surface area contributed by atoms with Gasteiger partial charge in [-0.3, -0.25) is 15.0 Å². The zero-order valence-corrected chi connectivity index (χ0v) is 12.6. The van der Waals surface area contributed by atoms with E-state index in [2.05, 4.69) is 17.1 Å². The maximum absolute atomic E-state index is 11.0. The van der Waals surface area contributed by atoms with Crippen molar-refractivity contribution < 1.29 is 9.66 Å². The second-order valence-corrected chi connectivity index (χ2v) is 5.30. The van der Waals surface area contributed by atoms with E-state index in [1.54, 1.807) is 12.1 Å². The minimum Gasteiger partial charge on any atom is -0.374 e. The summed E-state index contributed by atoms with van der Waals surface area (Å²) in [6.07, 6.45) is 1.06. The zero-order chi connectivity index (χ0) is 15.2. The zero-order valence-electron chi connectivity index (χ0n) is 12.6. The summed E-state index contributed by atoms with van der Waals surface area (Å²) in [5.41, 5.74) is 1.09. The van der Waals surface area contributed by atoms with Gasteiger partial charge in [0.1, 0.15) is 0 Å². The van der Waals surface area contributed by atoms with Crippen LogP contribution in [0.2, 0.25) is 0 Å². The van der Waals surface area contributed by atoms with Crippen LogP contribution in [0.4, 0.5) is 5.69 Å². The van der Waals surface area contributed by atoms with Crippen LogP contribution in [0.1, 0.15) is 24.9 Å². The van der Waals surface area contributed by atoms with Crippen molar-refractivity contribution in [1.82, 2.24) is 10.2 Å². The van der Waals surface area contributed by atoms with E-state index in [4.69, 9.17) is 4.74 Å². The summed E-state index contributed by atoms with van der Waals surface area (Å²) in [4.78, 5) is 13.0. The molecule has 116 valence electrons. The molecule has 1 aromatic rings. The lowest BCUT2D eigenvalue weighted by molar-refractivity contribution is -0.385. The number of benzene rings is 1. The van der Waals surface area contributed by atoms with Gasteiger partial charge in [0.25, 0.3) is 5.69 Å². The molecule has 0 radical (unpaired) electrons. The van der Waals surface area contributed by atoms with E-state index in [0.717, 1.165) is 31.6 Å². The molecule has 0 spiro atoms. The van der Waals surface area contributed by atoms with Crippen LogP contribution in [0, 0.1) is 10.1 Å². The van der Waals surface area contributed by atoms with Gasteiger partial charge in [0.15, 0.2) is 0 Å². The molecule has 1 aliphatic rings. The standard InChI is InChI=1S/C15H23N3O3/c1-3-7-17-8-9-21-14(11-16-2)15(17)12-5-4-6-13(10-12)18(19)20/h4-6,10,14-16H,3,7-9,11H2,1-2H3. The number of nitro groups is 1. The van der Waals surface area contributed by atoms with Gasteiger partial charge in [-0.05, 0) is 25.6 Å². The Morgan fingerprint density at radius 2 is 2.33 bits per heavy atom. The van der Waals surface area contributed by atoms with E-state index >= 15 is 0 Å². The van der Waals surface area contributed by atoms with Crippen LogP contribution in [-0.4, -0.2) is 49.2 Å². The Labute approximate surface area is 125 Å². The van der Waals surface area contributed by atoms with Gasteiger partial charge < -0.3 is 10.1 Å². The van der Waals surface area contributed by atoms with Crippen molar-refractivity contribution in [2.24, 2.45) is 0 Å². The lowest BCUT2D eigenvalue weighted by Crippen LogP contribution is -2.48. The van der Waals surface area contributed by atoms with E-state index in [1.165, 1.54) is 6.07 Å². The number of morpholine rings is 1. The average molecular weight is 293 g/mol. The first-order valence-electron chi connectivity index (χ1n) is 7.42. The average Bonchev–Trinajstić information content (AvgIpc) is 2.48. The van der Waals surface area contributed by atoms with Gasteiger partial charge in [-0.2, -0.15) is 0 Å². The molecule has 0 aromatic heterocycles. The van der Waals surface area contributed by atoms with Crippen LogP contribution in [0.25, 0.3) is 0 Å². The topological polar surface area (TPSA) is 67.6 Å².